The molecule has 0 unspecified atom stereocenters. The highest BCUT2D eigenvalue weighted by Crippen LogP contribution is 2.44. The molecule has 2 amide bonds. The third kappa shape index (κ3) is 3.12. The van der Waals surface area contributed by atoms with Crippen molar-refractivity contribution in [3.63, 3.8) is 0 Å². The second-order valence-electron chi connectivity index (χ2n) is 7.62. The molecule has 0 radical (unpaired) electrons. The molecule has 3 N–H and O–H groups in total. The van der Waals surface area contributed by atoms with E-state index in [0.29, 0.717) is 24.3 Å². The lowest BCUT2D eigenvalue weighted by Crippen LogP contribution is -2.32. The van der Waals surface area contributed by atoms with Gasteiger partial charge in [-0.1, -0.05) is 27.7 Å². The molecule has 5 nitrogen and oxygen atoms in total. The van der Waals surface area contributed by atoms with Gasteiger partial charge in [-0.2, -0.15) is 0 Å². The number of fused-ring (bicyclic) bond motifs is 1. The molecular formula is C19H29N3O2. The third-order valence-electron chi connectivity index (χ3n) is 4.70. The van der Waals surface area contributed by atoms with E-state index in [1.807, 2.05) is 46.4 Å². The molecule has 0 saturated carbocycles. The minimum atomic E-state index is -0.518. The molecule has 5 heteroatoms. The number of nitrogens with zero attached hydrogens (tertiary/aromatic N) is 1. The smallest absolute Gasteiger partial charge is 0.229 e. The number of anilines is 3. The Morgan fingerprint density at radius 3 is 2.38 bits per heavy atom. The number of benzene rings is 1. The molecule has 1 aromatic carbocycles. The Labute approximate surface area is 144 Å². The topological polar surface area (TPSA) is 75.4 Å². The van der Waals surface area contributed by atoms with Crippen molar-refractivity contribution in [3.05, 3.63) is 16.7 Å². The van der Waals surface area contributed by atoms with Gasteiger partial charge >= 0.3 is 0 Å². The molecule has 0 bridgehead atoms. The summed E-state index contributed by atoms with van der Waals surface area (Å²) in [4.78, 5) is 26.9. The monoisotopic (exact) mass is 331 g/mol. The maximum Gasteiger partial charge on any atom is 0.229 e. The van der Waals surface area contributed by atoms with E-state index in [4.69, 9.17) is 5.73 Å². The predicted octanol–water partition coefficient (Wildman–Crippen LogP) is 3.56. The van der Waals surface area contributed by atoms with E-state index in [0.717, 1.165) is 35.2 Å². The number of hydrogen-bond donors (Lipinski definition) is 2. The molecule has 0 spiro atoms. The first kappa shape index (κ1) is 18.3. The first-order chi connectivity index (χ1) is 11.1. The first-order valence-corrected chi connectivity index (χ1v) is 8.62. The van der Waals surface area contributed by atoms with Crippen molar-refractivity contribution in [2.45, 2.75) is 60.8 Å². The maximum absolute atomic E-state index is 12.5. The summed E-state index contributed by atoms with van der Waals surface area (Å²) in [6.45, 7) is 12.2. The van der Waals surface area contributed by atoms with Crippen LogP contribution in [0.15, 0.2) is 0 Å². The van der Waals surface area contributed by atoms with Gasteiger partial charge in [0.25, 0.3) is 0 Å². The first-order valence-electron chi connectivity index (χ1n) is 8.62. The molecule has 24 heavy (non-hydrogen) atoms. The molecule has 1 aliphatic rings. The van der Waals surface area contributed by atoms with Gasteiger partial charge in [0.2, 0.25) is 11.8 Å². The second-order valence-corrected chi connectivity index (χ2v) is 7.62. The molecule has 132 valence electrons. The quantitative estimate of drug-likeness (QED) is 0.832. The van der Waals surface area contributed by atoms with Crippen LogP contribution < -0.4 is 16.0 Å². The number of carbonyl (C=O) groups excluding carboxylic acids is 2. The van der Waals surface area contributed by atoms with Gasteiger partial charge in [-0.15, -0.1) is 0 Å². The lowest BCUT2D eigenvalue weighted by Gasteiger charge is -2.26. The van der Waals surface area contributed by atoms with Gasteiger partial charge < -0.3 is 16.0 Å². The Balaban J connectivity index is 2.58. The van der Waals surface area contributed by atoms with E-state index in [-0.39, 0.29) is 11.8 Å². The number of nitrogens with one attached hydrogen (secondary N) is 1. The van der Waals surface area contributed by atoms with Crippen LogP contribution in [0.2, 0.25) is 0 Å². The number of carbonyl (C=O) groups is 2. The Bertz CT molecular complexity index is 687. The summed E-state index contributed by atoms with van der Waals surface area (Å²) < 4.78 is 0. The summed E-state index contributed by atoms with van der Waals surface area (Å²) in [5.41, 5.74) is 10.9. The van der Waals surface area contributed by atoms with Crippen LogP contribution in [0, 0.1) is 19.3 Å². The molecule has 1 aromatic rings. The average molecular weight is 331 g/mol. The highest BCUT2D eigenvalue weighted by Gasteiger charge is 2.32. The molecule has 1 aliphatic heterocycles. The standard InChI is InChI=1S/C19H29N3O2/c1-7-8-14(23)22-10-9-13-11(2)15(20)12(3)16(17(13)22)21-18(24)19(4,5)6/h7-10,20H2,1-6H3,(H,21,24). The molecule has 0 saturated heterocycles. The van der Waals surface area contributed by atoms with E-state index in [1.54, 1.807) is 0 Å². The molecule has 1 heterocycles. The predicted molar refractivity (Wildman–Crippen MR) is 99.4 cm³/mol. The van der Waals surface area contributed by atoms with Crippen LogP contribution >= 0.6 is 0 Å². The van der Waals surface area contributed by atoms with Crippen molar-refractivity contribution >= 4 is 28.9 Å². The van der Waals surface area contributed by atoms with Gasteiger partial charge in [0, 0.05) is 24.1 Å². The highest BCUT2D eigenvalue weighted by atomic mass is 16.2. The molecule has 0 atom stereocenters. The van der Waals surface area contributed by atoms with Crippen molar-refractivity contribution in [3.8, 4) is 0 Å². The summed E-state index contributed by atoms with van der Waals surface area (Å²) in [6.07, 6.45) is 2.09. The third-order valence-corrected chi connectivity index (χ3v) is 4.70. The number of amides is 2. The van der Waals surface area contributed by atoms with Crippen LogP contribution in [0.4, 0.5) is 17.1 Å². The Morgan fingerprint density at radius 1 is 1.21 bits per heavy atom. The van der Waals surface area contributed by atoms with Crippen LogP contribution in [0.1, 0.15) is 57.2 Å². The van der Waals surface area contributed by atoms with Crippen LogP contribution in [0.3, 0.4) is 0 Å². The summed E-state index contributed by atoms with van der Waals surface area (Å²) in [5, 5.41) is 3.03. The Hall–Kier alpha value is -2.04. The van der Waals surface area contributed by atoms with E-state index in [1.165, 1.54) is 0 Å². The fraction of sp³-hybridized carbons (Fsp3) is 0.579. The van der Waals surface area contributed by atoms with Crippen molar-refractivity contribution in [2.75, 3.05) is 22.5 Å². The zero-order valence-corrected chi connectivity index (χ0v) is 15.7. The van der Waals surface area contributed by atoms with E-state index >= 15 is 0 Å². The molecule has 2 rings (SSSR count). The van der Waals surface area contributed by atoms with Gasteiger partial charge in [-0.25, -0.2) is 0 Å². The maximum atomic E-state index is 12.5. The summed E-state index contributed by atoms with van der Waals surface area (Å²) in [7, 11) is 0. The van der Waals surface area contributed by atoms with Crippen LogP contribution in [0.25, 0.3) is 0 Å². The molecular weight excluding hydrogens is 302 g/mol. The van der Waals surface area contributed by atoms with E-state index in [9.17, 15) is 9.59 Å². The van der Waals surface area contributed by atoms with Gasteiger partial charge in [-0.3, -0.25) is 9.59 Å². The molecule has 0 aliphatic carbocycles. The van der Waals surface area contributed by atoms with Crippen molar-refractivity contribution in [2.24, 2.45) is 5.41 Å². The van der Waals surface area contributed by atoms with Crippen molar-refractivity contribution < 1.29 is 9.59 Å². The van der Waals surface area contributed by atoms with Crippen molar-refractivity contribution in [1.82, 2.24) is 0 Å². The number of nitrogens with two attached hydrogens (primary N) is 1. The average Bonchev–Trinajstić information content (AvgIpc) is 2.93. The fourth-order valence-electron chi connectivity index (χ4n) is 3.08. The van der Waals surface area contributed by atoms with Crippen LogP contribution in [-0.4, -0.2) is 18.4 Å². The van der Waals surface area contributed by atoms with E-state index < -0.39 is 5.41 Å². The van der Waals surface area contributed by atoms with Gasteiger partial charge in [0.05, 0.1) is 11.4 Å². The lowest BCUT2D eigenvalue weighted by molar-refractivity contribution is -0.123. The van der Waals surface area contributed by atoms with Gasteiger partial charge in [0.1, 0.15) is 0 Å². The summed E-state index contributed by atoms with van der Waals surface area (Å²) in [6, 6.07) is 0. The van der Waals surface area contributed by atoms with Gasteiger partial charge in [-0.05, 0) is 43.4 Å². The molecule has 0 fully saturated rings. The summed E-state index contributed by atoms with van der Waals surface area (Å²) in [5.74, 6) is 0.0249. The minimum Gasteiger partial charge on any atom is -0.398 e. The van der Waals surface area contributed by atoms with Crippen LogP contribution in [0.5, 0.6) is 0 Å². The Morgan fingerprint density at radius 2 is 1.83 bits per heavy atom. The number of nitrogen functional groups attached to an aromatic ring is 1. The van der Waals surface area contributed by atoms with Crippen LogP contribution in [-0.2, 0) is 16.0 Å². The molecule has 0 aromatic heterocycles. The minimum absolute atomic E-state index is 0.0779. The number of rotatable bonds is 3. The van der Waals surface area contributed by atoms with Gasteiger partial charge in [0.15, 0.2) is 0 Å². The number of hydrogen-bond acceptors (Lipinski definition) is 3. The highest BCUT2D eigenvalue weighted by molar-refractivity contribution is 6.06. The fourth-order valence-corrected chi connectivity index (χ4v) is 3.08. The van der Waals surface area contributed by atoms with Crippen molar-refractivity contribution in [1.29, 1.82) is 0 Å². The second kappa shape index (κ2) is 6.46. The largest absolute Gasteiger partial charge is 0.398 e. The SMILES string of the molecule is CCCC(=O)N1CCc2c(C)c(N)c(C)c(NC(=O)C(C)(C)C)c21. The zero-order chi connectivity index (χ0) is 18.2. The normalized spacial score (nSPS) is 13.8. The van der Waals surface area contributed by atoms with E-state index in [2.05, 4.69) is 5.32 Å². The lowest BCUT2D eigenvalue weighted by atomic mass is 9.94. The summed E-state index contributed by atoms with van der Waals surface area (Å²) >= 11 is 0. The zero-order valence-electron chi connectivity index (χ0n) is 15.7. The Kier molecular flexibility index (Phi) is 4.92.